The quantitative estimate of drug-likeness (QED) is 0.249. The number of carbonyl (C=O) groups excluding carboxylic acids is 1. The Kier molecular flexibility index (Phi) is 11.8. The lowest BCUT2D eigenvalue weighted by molar-refractivity contribution is 0.137. The van der Waals surface area contributed by atoms with Gasteiger partial charge in [0.2, 0.25) is 10.0 Å². The third-order valence-electron chi connectivity index (χ3n) is 5.16. The zero-order valence-electron chi connectivity index (χ0n) is 20.2. The Bertz CT molecular complexity index is 1120. The first-order valence-electron chi connectivity index (χ1n) is 11.5. The summed E-state index contributed by atoms with van der Waals surface area (Å²) < 4.78 is 27.4. The number of nitrogens with one attached hydrogen (secondary N) is 3. The van der Waals surface area contributed by atoms with Crippen LogP contribution in [0.5, 0.6) is 0 Å². The Hall–Kier alpha value is -2.53. The molecule has 0 aliphatic carbocycles. The monoisotopic (exact) mass is 558 g/mol. The number of hydrogen-bond donors (Lipinski definition) is 4. The summed E-state index contributed by atoms with van der Waals surface area (Å²) in [5, 5.41) is 15.6. The van der Waals surface area contributed by atoms with E-state index in [1.54, 1.807) is 24.3 Å². The zero-order valence-corrected chi connectivity index (χ0v) is 22.5. The molecule has 0 bridgehead atoms. The zero-order chi connectivity index (χ0) is 26.7. The van der Waals surface area contributed by atoms with Gasteiger partial charge in [0.15, 0.2) is 0 Å². The Labute approximate surface area is 222 Å². The number of hydrogen-bond acceptors (Lipinski definition) is 4. The second-order valence-corrected chi connectivity index (χ2v) is 11.3. The maximum absolute atomic E-state index is 12.5. The summed E-state index contributed by atoms with van der Waals surface area (Å²) in [7, 11) is -3.82. The molecule has 12 heteroatoms. The van der Waals surface area contributed by atoms with Crippen LogP contribution in [-0.2, 0) is 10.0 Å². The van der Waals surface area contributed by atoms with Gasteiger partial charge in [-0.1, -0.05) is 55.2 Å². The topological polar surface area (TPSA) is 128 Å². The van der Waals surface area contributed by atoms with Gasteiger partial charge >= 0.3 is 12.1 Å². The van der Waals surface area contributed by atoms with Crippen molar-refractivity contribution in [3.8, 4) is 0 Å². The molecule has 0 aliphatic heterocycles. The Morgan fingerprint density at radius 2 is 1.75 bits per heavy atom. The van der Waals surface area contributed by atoms with Gasteiger partial charge in [-0.3, -0.25) is 0 Å². The van der Waals surface area contributed by atoms with Crippen LogP contribution in [0.1, 0.15) is 33.1 Å². The molecule has 0 heterocycles. The number of nitrogens with zero attached hydrogens (tertiary/aromatic N) is 1. The van der Waals surface area contributed by atoms with Gasteiger partial charge in [-0.15, -0.1) is 0 Å². The summed E-state index contributed by atoms with van der Waals surface area (Å²) in [4.78, 5) is 25.4. The highest BCUT2D eigenvalue weighted by Gasteiger charge is 2.22. The molecule has 0 saturated carbocycles. The van der Waals surface area contributed by atoms with Crippen LogP contribution in [0.25, 0.3) is 0 Å². The van der Waals surface area contributed by atoms with Crippen LogP contribution < -0.4 is 15.4 Å². The van der Waals surface area contributed by atoms with E-state index in [0.29, 0.717) is 30.0 Å². The number of benzene rings is 2. The average molecular weight is 560 g/mol. The van der Waals surface area contributed by atoms with Crippen LogP contribution in [-0.4, -0.2) is 56.2 Å². The SMILES string of the molecule is CC(C)C[C@H](CN(CCCCNS(=O)(=O)c1ccc(Cl)cc1Cl)C(=O)O)NC(=O)Nc1ccccc1. The van der Waals surface area contributed by atoms with E-state index >= 15 is 0 Å². The summed E-state index contributed by atoms with van der Waals surface area (Å²) in [5.41, 5.74) is 0.635. The number of para-hydroxylation sites is 1. The van der Waals surface area contributed by atoms with Gasteiger partial charge in [-0.05, 0) is 55.5 Å². The fourth-order valence-electron chi connectivity index (χ4n) is 3.56. The fourth-order valence-corrected chi connectivity index (χ4v) is 5.40. The number of unbranched alkanes of at least 4 members (excludes halogenated alkanes) is 1. The number of urea groups is 1. The van der Waals surface area contributed by atoms with Crippen molar-refractivity contribution in [3.05, 3.63) is 58.6 Å². The van der Waals surface area contributed by atoms with Crippen LogP contribution in [0.4, 0.5) is 15.3 Å². The minimum Gasteiger partial charge on any atom is -0.465 e. The van der Waals surface area contributed by atoms with Gasteiger partial charge in [0.05, 0.1) is 5.02 Å². The van der Waals surface area contributed by atoms with E-state index in [9.17, 15) is 23.1 Å². The standard InChI is InChI=1S/C24H32Cl2N4O5S/c1-17(2)14-20(29-23(31)28-19-8-4-3-5-9-19)16-30(24(32)33)13-7-6-12-27-36(34,35)22-11-10-18(25)15-21(22)26/h3-5,8-11,15,17,20,27H,6-7,12-14,16H2,1-2H3,(H,32,33)(H2,28,29,31)/t20-/m1/s1. The molecule has 0 aromatic heterocycles. The first-order valence-corrected chi connectivity index (χ1v) is 13.8. The van der Waals surface area contributed by atoms with Crippen molar-refractivity contribution in [1.82, 2.24) is 14.9 Å². The normalized spacial score (nSPS) is 12.2. The molecule has 2 aromatic carbocycles. The molecule has 36 heavy (non-hydrogen) atoms. The third kappa shape index (κ3) is 10.2. The number of carboxylic acid groups (broad SMARTS) is 1. The highest BCUT2D eigenvalue weighted by Crippen LogP contribution is 2.24. The van der Waals surface area contributed by atoms with E-state index in [4.69, 9.17) is 23.2 Å². The molecular weight excluding hydrogens is 527 g/mol. The summed E-state index contributed by atoms with van der Waals surface area (Å²) in [5.74, 6) is 0.233. The highest BCUT2D eigenvalue weighted by atomic mass is 35.5. The number of halogens is 2. The summed E-state index contributed by atoms with van der Waals surface area (Å²) in [6, 6.07) is 12.3. The maximum atomic E-state index is 12.5. The summed E-state index contributed by atoms with van der Waals surface area (Å²) >= 11 is 11.8. The van der Waals surface area contributed by atoms with Gasteiger partial charge in [0.25, 0.3) is 0 Å². The molecule has 0 unspecified atom stereocenters. The van der Waals surface area contributed by atoms with E-state index in [2.05, 4.69) is 15.4 Å². The van der Waals surface area contributed by atoms with Crippen molar-refractivity contribution in [2.45, 2.75) is 44.0 Å². The maximum Gasteiger partial charge on any atom is 0.407 e. The Balaban J connectivity index is 1.87. The van der Waals surface area contributed by atoms with Crippen LogP contribution in [0, 0.1) is 5.92 Å². The number of carbonyl (C=O) groups is 2. The summed E-state index contributed by atoms with van der Waals surface area (Å²) in [6.45, 7) is 4.40. The average Bonchev–Trinajstić information content (AvgIpc) is 2.77. The lowest BCUT2D eigenvalue weighted by Gasteiger charge is -2.27. The van der Waals surface area contributed by atoms with Crippen LogP contribution in [0.15, 0.2) is 53.4 Å². The first-order chi connectivity index (χ1) is 17.0. The molecule has 198 valence electrons. The predicted molar refractivity (Wildman–Crippen MR) is 142 cm³/mol. The number of anilines is 1. The van der Waals surface area contributed by atoms with E-state index in [1.807, 2.05) is 19.9 Å². The minimum atomic E-state index is -3.82. The molecule has 2 rings (SSSR count). The van der Waals surface area contributed by atoms with Gasteiger partial charge in [-0.2, -0.15) is 0 Å². The fraction of sp³-hybridized carbons (Fsp3) is 0.417. The molecule has 0 aliphatic rings. The first kappa shape index (κ1) is 29.7. The molecule has 9 nitrogen and oxygen atoms in total. The molecule has 3 amide bonds. The van der Waals surface area contributed by atoms with Crippen molar-refractivity contribution in [2.24, 2.45) is 5.92 Å². The van der Waals surface area contributed by atoms with Crippen molar-refractivity contribution < 1.29 is 23.1 Å². The van der Waals surface area contributed by atoms with Crippen molar-refractivity contribution in [2.75, 3.05) is 25.0 Å². The van der Waals surface area contributed by atoms with Gasteiger partial charge in [0, 0.05) is 36.4 Å². The number of rotatable bonds is 13. The van der Waals surface area contributed by atoms with Gasteiger partial charge in [-0.25, -0.2) is 22.7 Å². The number of sulfonamides is 1. The third-order valence-corrected chi connectivity index (χ3v) is 7.34. The van der Waals surface area contributed by atoms with Gasteiger partial charge < -0.3 is 20.6 Å². The molecule has 0 saturated heterocycles. The lowest BCUT2D eigenvalue weighted by Crippen LogP contribution is -2.47. The van der Waals surface area contributed by atoms with Crippen molar-refractivity contribution in [3.63, 3.8) is 0 Å². The van der Waals surface area contributed by atoms with E-state index in [1.165, 1.54) is 23.1 Å². The second kappa shape index (κ2) is 14.3. The molecule has 0 radical (unpaired) electrons. The van der Waals surface area contributed by atoms with E-state index in [-0.39, 0.29) is 35.5 Å². The van der Waals surface area contributed by atoms with Crippen molar-refractivity contribution >= 4 is 51.0 Å². The van der Waals surface area contributed by atoms with E-state index in [0.717, 1.165) is 0 Å². The lowest BCUT2D eigenvalue weighted by atomic mass is 10.0. The largest absolute Gasteiger partial charge is 0.465 e. The molecule has 4 N–H and O–H groups in total. The van der Waals surface area contributed by atoms with Gasteiger partial charge in [0.1, 0.15) is 4.90 Å². The number of amides is 3. The van der Waals surface area contributed by atoms with E-state index < -0.39 is 28.2 Å². The Morgan fingerprint density at radius 3 is 2.36 bits per heavy atom. The van der Waals surface area contributed by atoms with Crippen LogP contribution in [0.2, 0.25) is 10.0 Å². The molecule has 0 spiro atoms. The molecule has 0 fully saturated rings. The highest BCUT2D eigenvalue weighted by molar-refractivity contribution is 7.89. The van der Waals surface area contributed by atoms with Crippen LogP contribution in [0.3, 0.4) is 0 Å². The second-order valence-electron chi connectivity index (χ2n) is 8.70. The summed E-state index contributed by atoms with van der Waals surface area (Å²) in [6.07, 6.45) is 0.314. The molecular formula is C24H32Cl2N4O5S. The predicted octanol–water partition coefficient (Wildman–Crippen LogP) is 5.27. The van der Waals surface area contributed by atoms with Crippen LogP contribution >= 0.6 is 23.2 Å². The van der Waals surface area contributed by atoms with Crippen molar-refractivity contribution in [1.29, 1.82) is 0 Å². The minimum absolute atomic E-state index is 0.0204. The molecule has 2 aromatic rings. The smallest absolute Gasteiger partial charge is 0.407 e. The molecule has 1 atom stereocenters. The Morgan fingerprint density at radius 1 is 1.06 bits per heavy atom.